The van der Waals surface area contributed by atoms with Crippen molar-refractivity contribution >= 4 is 5.78 Å². The van der Waals surface area contributed by atoms with E-state index in [2.05, 4.69) is 20.8 Å². The van der Waals surface area contributed by atoms with Crippen molar-refractivity contribution in [1.29, 1.82) is 0 Å². The molecule has 4 rings (SSSR count). The summed E-state index contributed by atoms with van der Waals surface area (Å²) in [5, 5.41) is 20.5. The fourth-order valence-corrected chi connectivity index (χ4v) is 7.86. The Kier molecular flexibility index (Phi) is 3.93. The lowest BCUT2D eigenvalue weighted by atomic mass is 9.44. The number of ketones is 1. The molecule has 4 fully saturated rings. The van der Waals surface area contributed by atoms with Crippen molar-refractivity contribution in [3.8, 4) is 0 Å². The second kappa shape index (κ2) is 5.54. The summed E-state index contributed by atoms with van der Waals surface area (Å²) in [6.07, 6.45) is 6.96. The average Bonchev–Trinajstić information content (AvgIpc) is 2.78. The maximum Gasteiger partial charge on any atom is 0.136 e. The monoisotopic (exact) mass is 334 g/mol. The summed E-state index contributed by atoms with van der Waals surface area (Å²) in [5.41, 5.74) is 0.360. The number of fused-ring (bicyclic) bond motifs is 5. The smallest absolute Gasteiger partial charge is 0.136 e. The van der Waals surface area contributed by atoms with Crippen molar-refractivity contribution in [3.05, 3.63) is 0 Å². The van der Waals surface area contributed by atoms with Crippen LogP contribution in [-0.2, 0) is 4.79 Å². The summed E-state index contributed by atoms with van der Waals surface area (Å²) >= 11 is 0. The molecule has 0 aromatic carbocycles. The lowest BCUT2D eigenvalue weighted by Gasteiger charge is -2.61. The molecule has 0 spiro atoms. The minimum Gasteiger partial charge on any atom is -0.390 e. The highest BCUT2D eigenvalue weighted by Crippen LogP contribution is 2.67. The van der Waals surface area contributed by atoms with Gasteiger partial charge in [-0.1, -0.05) is 20.8 Å². The van der Waals surface area contributed by atoms with Gasteiger partial charge in [0.05, 0.1) is 12.2 Å². The third kappa shape index (κ3) is 2.13. The van der Waals surface area contributed by atoms with E-state index in [0.29, 0.717) is 29.5 Å². The van der Waals surface area contributed by atoms with Crippen molar-refractivity contribution in [2.75, 3.05) is 0 Å². The van der Waals surface area contributed by atoms with Crippen LogP contribution in [0.1, 0.15) is 72.1 Å². The Morgan fingerprint density at radius 1 is 1.04 bits per heavy atom. The number of aliphatic hydroxyl groups is 2. The van der Waals surface area contributed by atoms with E-state index in [4.69, 9.17) is 0 Å². The number of aliphatic hydroxyl groups excluding tert-OH is 2. The van der Waals surface area contributed by atoms with Crippen molar-refractivity contribution in [1.82, 2.24) is 0 Å². The van der Waals surface area contributed by atoms with E-state index in [1.54, 1.807) is 0 Å². The Morgan fingerprint density at radius 3 is 2.50 bits per heavy atom. The number of rotatable bonds is 1. The van der Waals surface area contributed by atoms with Crippen LogP contribution in [0.4, 0.5) is 0 Å². The lowest BCUT2D eigenvalue weighted by Crippen LogP contribution is -2.56. The molecular weight excluding hydrogens is 300 g/mol. The first-order valence-electron chi connectivity index (χ1n) is 10.2. The van der Waals surface area contributed by atoms with Gasteiger partial charge >= 0.3 is 0 Å². The molecule has 4 aliphatic carbocycles. The summed E-state index contributed by atoms with van der Waals surface area (Å²) in [6.45, 7) is 6.94. The molecule has 0 saturated heterocycles. The van der Waals surface area contributed by atoms with Gasteiger partial charge in [-0.05, 0) is 79.4 Å². The van der Waals surface area contributed by atoms with Gasteiger partial charge in [-0.15, -0.1) is 0 Å². The summed E-state index contributed by atoms with van der Waals surface area (Å²) in [6, 6.07) is 0. The van der Waals surface area contributed by atoms with Gasteiger partial charge < -0.3 is 10.2 Å². The molecule has 4 saturated carbocycles. The molecule has 136 valence electrons. The highest BCUT2D eigenvalue weighted by atomic mass is 16.3. The SMILES string of the molecule is CCC1C(=O)CC2C3CCC4CC(O)C(O)CC4(C)C3CCC12C. The van der Waals surface area contributed by atoms with Crippen LogP contribution in [0.25, 0.3) is 0 Å². The molecule has 0 amide bonds. The number of Topliss-reactive ketones (excluding diaryl/α,β-unsaturated/α-hetero) is 1. The number of carbonyl (C=O) groups is 1. The molecule has 9 atom stereocenters. The third-order valence-corrected chi connectivity index (χ3v) is 9.14. The predicted molar refractivity (Wildman–Crippen MR) is 93.3 cm³/mol. The zero-order valence-electron chi connectivity index (χ0n) is 15.5. The quantitative estimate of drug-likeness (QED) is 0.771. The number of carbonyl (C=O) groups excluding carboxylic acids is 1. The minimum atomic E-state index is -0.563. The van der Waals surface area contributed by atoms with Crippen LogP contribution >= 0.6 is 0 Å². The van der Waals surface area contributed by atoms with Crippen molar-refractivity contribution in [3.63, 3.8) is 0 Å². The highest BCUT2D eigenvalue weighted by Gasteiger charge is 2.62. The van der Waals surface area contributed by atoms with E-state index in [0.717, 1.165) is 25.7 Å². The molecule has 24 heavy (non-hydrogen) atoms. The first-order chi connectivity index (χ1) is 11.3. The Labute approximate surface area is 146 Å². The van der Waals surface area contributed by atoms with Crippen LogP contribution < -0.4 is 0 Å². The summed E-state index contributed by atoms with van der Waals surface area (Å²) in [5.74, 6) is 3.15. The second-order valence-corrected chi connectivity index (χ2v) is 9.91. The van der Waals surface area contributed by atoms with Crippen LogP contribution in [0, 0.1) is 40.4 Å². The van der Waals surface area contributed by atoms with Crippen molar-refractivity contribution in [2.45, 2.75) is 84.3 Å². The van der Waals surface area contributed by atoms with E-state index in [1.165, 1.54) is 25.7 Å². The van der Waals surface area contributed by atoms with Gasteiger partial charge in [-0.25, -0.2) is 0 Å². The molecule has 3 nitrogen and oxygen atoms in total. The van der Waals surface area contributed by atoms with E-state index in [9.17, 15) is 15.0 Å². The fourth-order valence-electron chi connectivity index (χ4n) is 7.86. The molecule has 9 unspecified atom stereocenters. The standard InChI is InChI=1S/C21H34O3/c1-4-14-17(22)10-16-13-6-5-12-9-18(23)19(24)11-21(12,3)15(13)7-8-20(14,16)2/h12-16,18-19,23-24H,4-11H2,1-3H3. The maximum absolute atomic E-state index is 12.6. The minimum absolute atomic E-state index is 0.149. The molecule has 0 bridgehead atoms. The van der Waals surface area contributed by atoms with Gasteiger partial charge in [0.1, 0.15) is 5.78 Å². The predicted octanol–water partition coefficient (Wildman–Crippen LogP) is 3.57. The van der Waals surface area contributed by atoms with Gasteiger partial charge in [-0.3, -0.25) is 4.79 Å². The molecule has 0 heterocycles. The summed E-state index contributed by atoms with van der Waals surface area (Å²) < 4.78 is 0. The van der Waals surface area contributed by atoms with Crippen LogP contribution in [-0.4, -0.2) is 28.2 Å². The first kappa shape index (κ1) is 17.0. The zero-order chi connectivity index (χ0) is 17.3. The van der Waals surface area contributed by atoms with Crippen LogP contribution in [0.15, 0.2) is 0 Å². The zero-order valence-corrected chi connectivity index (χ0v) is 15.5. The van der Waals surface area contributed by atoms with Gasteiger partial charge in [0, 0.05) is 12.3 Å². The molecule has 4 aliphatic rings. The molecule has 0 aromatic heterocycles. The number of hydrogen-bond acceptors (Lipinski definition) is 3. The first-order valence-corrected chi connectivity index (χ1v) is 10.2. The highest BCUT2D eigenvalue weighted by molar-refractivity contribution is 5.84. The summed E-state index contributed by atoms with van der Waals surface area (Å²) in [7, 11) is 0. The summed E-state index contributed by atoms with van der Waals surface area (Å²) in [4.78, 5) is 12.6. The van der Waals surface area contributed by atoms with E-state index < -0.39 is 12.2 Å². The molecule has 0 aliphatic heterocycles. The van der Waals surface area contributed by atoms with E-state index in [1.807, 2.05) is 0 Å². The van der Waals surface area contributed by atoms with Crippen molar-refractivity contribution in [2.24, 2.45) is 40.4 Å². The lowest BCUT2D eigenvalue weighted by molar-refractivity contribution is -0.159. The van der Waals surface area contributed by atoms with Crippen LogP contribution in [0.2, 0.25) is 0 Å². The Hall–Kier alpha value is -0.410. The maximum atomic E-state index is 12.6. The molecule has 0 aromatic rings. The van der Waals surface area contributed by atoms with Gasteiger partial charge in [0.25, 0.3) is 0 Å². The third-order valence-electron chi connectivity index (χ3n) is 9.14. The van der Waals surface area contributed by atoms with E-state index in [-0.39, 0.29) is 16.7 Å². The fraction of sp³-hybridized carbons (Fsp3) is 0.952. The van der Waals surface area contributed by atoms with Crippen LogP contribution in [0.3, 0.4) is 0 Å². The Morgan fingerprint density at radius 2 is 1.79 bits per heavy atom. The van der Waals surface area contributed by atoms with Gasteiger partial charge in [-0.2, -0.15) is 0 Å². The molecule has 3 heteroatoms. The van der Waals surface area contributed by atoms with Crippen molar-refractivity contribution < 1.29 is 15.0 Å². The normalized spacial score (nSPS) is 57.2. The largest absolute Gasteiger partial charge is 0.390 e. The van der Waals surface area contributed by atoms with Gasteiger partial charge in [0.2, 0.25) is 0 Å². The second-order valence-electron chi connectivity index (χ2n) is 9.91. The van der Waals surface area contributed by atoms with Gasteiger partial charge in [0.15, 0.2) is 0 Å². The Bertz CT molecular complexity index is 531. The molecule has 0 radical (unpaired) electrons. The Balaban J connectivity index is 1.64. The van der Waals surface area contributed by atoms with E-state index >= 15 is 0 Å². The number of hydrogen-bond donors (Lipinski definition) is 2. The molecular formula is C21H34O3. The molecule has 2 N–H and O–H groups in total. The average molecular weight is 335 g/mol. The topological polar surface area (TPSA) is 57.5 Å². The van der Waals surface area contributed by atoms with Crippen LogP contribution in [0.5, 0.6) is 0 Å².